The van der Waals surface area contributed by atoms with E-state index in [4.69, 9.17) is 10.8 Å². The molecule has 0 saturated heterocycles. The average molecular weight is 205 g/mol. The summed E-state index contributed by atoms with van der Waals surface area (Å²) in [7, 11) is 0. The SMILES string of the molecule is Nc1[nH]ncc1-c1ccc(CO)c(O)c1. The third-order valence-corrected chi connectivity index (χ3v) is 2.24. The Morgan fingerprint density at radius 1 is 1.40 bits per heavy atom. The van der Waals surface area contributed by atoms with Gasteiger partial charge in [-0.3, -0.25) is 5.10 Å². The molecular formula is C10H11N3O2. The van der Waals surface area contributed by atoms with Crippen molar-refractivity contribution in [2.24, 2.45) is 0 Å². The number of hydrogen-bond donors (Lipinski definition) is 4. The number of nitrogens with zero attached hydrogens (tertiary/aromatic N) is 1. The number of anilines is 1. The Kier molecular flexibility index (Phi) is 2.31. The maximum Gasteiger partial charge on any atom is 0.126 e. The summed E-state index contributed by atoms with van der Waals surface area (Å²) in [6.07, 6.45) is 1.59. The molecule has 0 aliphatic rings. The second-order valence-electron chi connectivity index (χ2n) is 3.20. The van der Waals surface area contributed by atoms with Crippen molar-refractivity contribution in [2.75, 3.05) is 5.73 Å². The van der Waals surface area contributed by atoms with Crippen LogP contribution in [0.3, 0.4) is 0 Å². The zero-order valence-electron chi connectivity index (χ0n) is 7.94. The van der Waals surface area contributed by atoms with Gasteiger partial charge < -0.3 is 15.9 Å². The molecule has 5 nitrogen and oxygen atoms in total. The standard InChI is InChI=1S/C10H11N3O2/c11-10-8(4-12-13-10)6-1-2-7(5-14)9(15)3-6/h1-4,14-15H,5H2,(H3,11,12,13). The van der Waals surface area contributed by atoms with Gasteiger partial charge in [-0.05, 0) is 11.6 Å². The van der Waals surface area contributed by atoms with Crippen LogP contribution < -0.4 is 5.73 Å². The summed E-state index contributed by atoms with van der Waals surface area (Å²) in [5.41, 5.74) is 7.62. The normalized spacial score (nSPS) is 10.5. The van der Waals surface area contributed by atoms with Crippen LogP contribution in [-0.4, -0.2) is 20.4 Å². The van der Waals surface area contributed by atoms with E-state index in [0.717, 1.165) is 11.1 Å². The van der Waals surface area contributed by atoms with Crippen molar-refractivity contribution >= 4 is 5.82 Å². The van der Waals surface area contributed by atoms with Gasteiger partial charge >= 0.3 is 0 Å². The second kappa shape index (κ2) is 3.62. The largest absolute Gasteiger partial charge is 0.508 e. The number of benzene rings is 1. The number of nitrogens with one attached hydrogen (secondary N) is 1. The van der Waals surface area contributed by atoms with Gasteiger partial charge in [0.2, 0.25) is 0 Å². The van der Waals surface area contributed by atoms with E-state index in [0.29, 0.717) is 11.4 Å². The van der Waals surface area contributed by atoms with Crippen LogP contribution in [0.1, 0.15) is 5.56 Å². The first-order valence-corrected chi connectivity index (χ1v) is 4.44. The third kappa shape index (κ3) is 1.64. The van der Waals surface area contributed by atoms with Crippen molar-refractivity contribution in [3.05, 3.63) is 30.0 Å². The van der Waals surface area contributed by atoms with E-state index in [2.05, 4.69) is 10.2 Å². The molecule has 0 fully saturated rings. The molecule has 0 saturated carbocycles. The predicted octanol–water partition coefficient (Wildman–Crippen LogP) is 0.857. The fourth-order valence-corrected chi connectivity index (χ4v) is 1.39. The zero-order valence-corrected chi connectivity index (χ0v) is 7.94. The van der Waals surface area contributed by atoms with Crippen molar-refractivity contribution in [3.8, 4) is 16.9 Å². The number of aliphatic hydroxyl groups excluding tert-OH is 1. The summed E-state index contributed by atoms with van der Waals surface area (Å²) in [4.78, 5) is 0. The lowest BCUT2D eigenvalue weighted by atomic mass is 10.1. The first-order chi connectivity index (χ1) is 7.22. The molecule has 0 atom stereocenters. The summed E-state index contributed by atoms with van der Waals surface area (Å²) in [6.45, 7) is -0.188. The Morgan fingerprint density at radius 2 is 2.20 bits per heavy atom. The van der Waals surface area contributed by atoms with Crippen LogP contribution >= 0.6 is 0 Å². The van der Waals surface area contributed by atoms with Gasteiger partial charge in [0, 0.05) is 11.1 Å². The number of aliphatic hydroxyl groups is 1. The molecule has 0 bridgehead atoms. The number of rotatable bonds is 2. The molecule has 78 valence electrons. The quantitative estimate of drug-likeness (QED) is 0.584. The van der Waals surface area contributed by atoms with Crippen molar-refractivity contribution in [1.82, 2.24) is 10.2 Å². The van der Waals surface area contributed by atoms with Gasteiger partial charge in [0.05, 0.1) is 12.8 Å². The maximum atomic E-state index is 9.55. The summed E-state index contributed by atoms with van der Waals surface area (Å²) >= 11 is 0. The Balaban J connectivity index is 2.47. The van der Waals surface area contributed by atoms with Crippen LogP contribution in [0.5, 0.6) is 5.75 Å². The molecule has 2 rings (SSSR count). The van der Waals surface area contributed by atoms with Gasteiger partial charge in [0.25, 0.3) is 0 Å². The predicted molar refractivity (Wildman–Crippen MR) is 56.0 cm³/mol. The van der Waals surface area contributed by atoms with Gasteiger partial charge in [-0.2, -0.15) is 5.10 Å². The fraction of sp³-hybridized carbons (Fsp3) is 0.100. The smallest absolute Gasteiger partial charge is 0.126 e. The third-order valence-electron chi connectivity index (χ3n) is 2.24. The minimum absolute atomic E-state index is 0.0515. The number of aromatic amines is 1. The van der Waals surface area contributed by atoms with E-state index >= 15 is 0 Å². The highest BCUT2D eigenvalue weighted by atomic mass is 16.3. The van der Waals surface area contributed by atoms with Gasteiger partial charge in [0.15, 0.2) is 0 Å². The Bertz CT molecular complexity index is 479. The number of nitrogen functional groups attached to an aromatic ring is 1. The fourth-order valence-electron chi connectivity index (χ4n) is 1.39. The summed E-state index contributed by atoms with van der Waals surface area (Å²) in [5.74, 6) is 0.502. The molecule has 5 N–H and O–H groups in total. The number of hydrogen-bond acceptors (Lipinski definition) is 4. The number of nitrogens with two attached hydrogens (primary N) is 1. The minimum atomic E-state index is -0.188. The summed E-state index contributed by atoms with van der Waals surface area (Å²) in [5, 5.41) is 24.8. The molecule has 0 aliphatic heterocycles. The highest BCUT2D eigenvalue weighted by molar-refractivity contribution is 5.74. The molecule has 2 aromatic rings. The van der Waals surface area contributed by atoms with Crippen molar-refractivity contribution in [3.63, 3.8) is 0 Å². The number of phenols is 1. The molecule has 0 unspecified atom stereocenters. The molecule has 15 heavy (non-hydrogen) atoms. The Labute approximate surface area is 86.2 Å². The van der Waals surface area contributed by atoms with Crippen molar-refractivity contribution in [2.45, 2.75) is 6.61 Å². The van der Waals surface area contributed by atoms with E-state index in [1.807, 2.05) is 0 Å². The van der Waals surface area contributed by atoms with Gasteiger partial charge in [-0.15, -0.1) is 0 Å². The lowest BCUT2D eigenvalue weighted by molar-refractivity contribution is 0.275. The van der Waals surface area contributed by atoms with Gasteiger partial charge in [-0.1, -0.05) is 12.1 Å². The monoisotopic (exact) mass is 205 g/mol. The maximum absolute atomic E-state index is 9.55. The van der Waals surface area contributed by atoms with Crippen molar-refractivity contribution in [1.29, 1.82) is 0 Å². The molecule has 5 heteroatoms. The van der Waals surface area contributed by atoms with Gasteiger partial charge in [-0.25, -0.2) is 0 Å². The van der Waals surface area contributed by atoms with E-state index in [-0.39, 0.29) is 12.4 Å². The lowest BCUT2D eigenvalue weighted by Gasteiger charge is -2.04. The lowest BCUT2D eigenvalue weighted by Crippen LogP contribution is -1.89. The molecule has 1 aromatic heterocycles. The number of aromatic nitrogens is 2. The van der Waals surface area contributed by atoms with E-state index < -0.39 is 0 Å². The van der Waals surface area contributed by atoms with E-state index in [1.165, 1.54) is 0 Å². The molecule has 0 amide bonds. The topological polar surface area (TPSA) is 95.2 Å². The molecule has 1 aromatic carbocycles. The Hall–Kier alpha value is -2.01. The van der Waals surface area contributed by atoms with E-state index in [1.54, 1.807) is 24.4 Å². The van der Waals surface area contributed by atoms with Crippen LogP contribution in [0, 0.1) is 0 Å². The number of H-pyrrole nitrogens is 1. The Morgan fingerprint density at radius 3 is 2.73 bits per heavy atom. The highest BCUT2D eigenvalue weighted by Crippen LogP contribution is 2.28. The molecular weight excluding hydrogens is 194 g/mol. The van der Waals surface area contributed by atoms with Crippen LogP contribution in [0.2, 0.25) is 0 Å². The zero-order chi connectivity index (χ0) is 10.8. The summed E-state index contributed by atoms with van der Waals surface area (Å²) < 4.78 is 0. The van der Waals surface area contributed by atoms with Crippen LogP contribution in [0.15, 0.2) is 24.4 Å². The van der Waals surface area contributed by atoms with Crippen molar-refractivity contribution < 1.29 is 10.2 Å². The van der Waals surface area contributed by atoms with Crippen LogP contribution in [-0.2, 0) is 6.61 Å². The number of aromatic hydroxyl groups is 1. The minimum Gasteiger partial charge on any atom is -0.508 e. The molecule has 0 radical (unpaired) electrons. The molecule has 1 heterocycles. The molecule has 0 aliphatic carbocycles. The first kappa shape index (κ1) is 9.54. The van der Waals surface area contributed by atoms with Gasteiger partial charge in [0.1, 0.15) is 11.6 Å². The molecule has 0 spiro atoms. The second-order valence-corrected chi connectivity index (χ2v) is 3.20. The average Bonchev–Trinajstić information content (AvgIpc) is 2.64. The van der Waals surface area contributed by atoms with E-state index in [9.17, 15) is 5.11 Å². The first-order valence-electron chi connectivity index (χ1n) is 4.44. The summed E-state index contributed by atoms with van der Waals surface area (Å²) in [6, 6.07) is 4.97. The highest BCUT2D eigenvalue weighted by Gasteiger charge is 2.07. The van der Waals surface area contributed by atoms with Crippen LogP contribution in [0.4, 0.5) is 5.82 Å². The van der Waals surface area contributed by atoms with Crippen LogP contribution in [0.25, 0.3) is 11.1 Å².